The first kappa shape index (κ1) is 12.3. The van der Waals surface area contributed by atoms with Crippen molar-refractivity contribution in [1.29, 1.82) is 0 Å². The number of phenolic OH excluding ortho intramolecular Hbond substituents is 1. The molecule has 1 aromatic rings. The lowest BCUT2D eigenvalue weighted by molar-refractivity contribution is 0.438. The Morgan fingerprint density at radius 3 is 2.33 bits per heavy atom. The summed E-state index contributed by atoms with van der Waals surface area (Å²) in [5.74, 6) is 0.518. The third-order valence-electron chi connectivity index (χ3n) is 2.76. The molecule has 0 radical (unpaired) electrons. The minimum Gasteiger partial charge on any atom is -0.508 e. The van der Waals surface area contributed by atoms with Crippen LogP contribution in [0, 0.1) is 19.8 Å². The highest BCUT2D eigenvalue weighted by Gasteiger charge is 2.19. The lowest BCUT2D eigenvalue weighted by atomic mass is 9.91. The molecule has 84 valence electrons. The normalized spacial score (nSPS) is 13.3. The summed E-state index contributed by atoms with van der Waals surface area (Å²) in [4.78, 5) is 0. The lowest BCUT2D eigenvalue weighted by Gasteiger charge is -2.21. The van der Waals surface area contributed by atoms with Crippen molar-refractivity contribution >= 4 is 11.6 Å². The van der Waals surface area contributed by atoms with Crippen molar-refractivity contribution in [3.63, 3.8) is 0 Å². The van der Waals surface area contributed by atoms with E-state index in [9.17, 15) is 5.11 Å². The monoisotopic (exact) mass is 227 g/mol. The van der Waals surface area contributed by atoms with Crippen LogP contribution in [0.15, 0.2) is 6.07 Å². The number of hydrogen-bond acceptors (Lipinski definition) is 2. The summed E-state index contributed by atoms with van der Waals surface area (Å²) in [5, 5.41) is 10.6. The second kappa shape index (κ2) is 4.42. The van der Waals surface area contributed by atoms with Crippen LogP contribution in [0.5, 0.6) is 5.75 Å². The molecule has 0 fully saturated rings. The van der Waals surface area contributed by atoms with Crippen molar-refractivity contribution in [2.75, 3.05) is 0 Å². The van der Waals surface area contributed by atoms with Crippen LogP contribution < -0.4 is 5.73 Å². The Kier molecular flexibility index (Phi) is 3.63. The van der Waals surface area contributed by atoms with Crippen molar-refractivity contribution in [1.82, 2.24) is 0 Å². The SMILES string of the molecule is Cc1cc(O)c(C(N)C(C)C)c(C)c1Cl. The van der Waals surface area contributed by atoms with Gasteiger partial charge in [0.15, 0.2) is 0 Å². The van der Waals surface area contributed by atoms with Crippen LogP contribution in [0.4, 0.5) is 0 Å². The molecule has 3 N–H and O–H groups in total. The number of rotatable bonds is 2. The Morgan fingerprint density at radius 2 is 1.87 bits per heavy atom. The van der Waals surface area contributed by atoms with Crippen molar-refractivity contribution < 1.29 is 5.11 Å². The number of aromatic hydroxyl groups is 1. The fourth-order valence-electron chi connectivity index (χ4n) is 1.71. The summed E-state index contributed by atoms with van der Waals surface area (Å²) in [5.41, 5.74) is 8.57. The molecule has 0 aliphatic rings. The highest BCUT2D eigenvalue weighted by molar-refractivity contribution is 6.32. The average Bonchev–Trinajstić information content (AvgIpc) is 2.14. The first-order chi connectivity index (χ1) is 6.86. The van der Waals surface area contributed by atoms with Gasteiger partial charge in [0.05, 0.1) is 0 Å². The Morgan fingerprint density at radius 1 is 1.33 bits per heavy atom. The molecule has 3 heteroatoms. The van der Waals surface area contributed by atoms with Gasteiger partial charge in [0.1, 0.15) is 5.75 Å². The van der Waals surface area contributed by atoms with Crippen LogP contribution in [0.25, 0.3) is 0 Å². The molecular weight excluding hydrogens is 210 g/mol. The van der Waals surface area contributed by atoms with E-state index in [1.165, 1.54) is 0 Å². The van der Waals surface area contributed by atoms with E-state index in [1.54, 1.807) is 6.07 Å². The van der Waals surface area contributed by atoms with Gasteiger partial charge in [0, 0.05) is 16.6 Å². The van der Waals surface area contributed by atoms with Crippen molar-refractivity contribution in [3.8, 4) is 5.75 Å². The van der Waals surface area contributed by atoms with E-state index in [0.29, 0.717) is 5.02 Å². The highest BCUT2D eigenvalue weighted by Crippen LogP contribution is 2.36. The number of aryl methyl sites for hydroxylation is 1. The molecule has 0 heterocycles. The van der Waals surface area contributed by atoms with Gasteiger partial charge in [-0.2, -0.15) is 0 Å². The van der Waals surface area contributed by atoms with Gasteiger partial charge in [-0.1, -0.05) is 25.4 Å². The second-order valence-electron chi connectivity index (χ2n) is 4.34. The number of nitrogens with two attached hydrogens (primary N) is 1. The summed E-state index contributed by atoms with van der Waals surface area (Å²) in [6.45, 7) is 7.82. The van der Waals surface area contributed by atoms with Gasteiger partial charge in [-0.25, -0.2) is 0 Å². The molecule has 0 saturated heterocycles. The predicted molar refractivity (Wildman–Crippen MR) is 64.4 cm³/mol. The first-order valence-corrected chi connectivity index (χ1v) is 5.48. The van der Waals surface area contributed by atoms with Gasteiger partial charge in [0.2, 0.25) is 0 Å². The molecule has 2 nitrogen and oxygen atoms in total. The van der Waals surface area contributed by atoms with Gasteiger partial charge in [0.25, 0.3) is 0 Å². The van der Waals surface area contributed by atoms with E-state index in [2.05, 4.69) is 0 Å². The average molecular weight is 228 g/mol. The van der Waals surface area contributed by atoms with E-state index >= 15 is 0 Å². The van der Waals surface area contributed by atoms with Crippen LogP contribution in [-0.4, -0.2) is 5.11 Å². The van der Waals surface area contributed by atoms with Gasteiger partial charge in [-0.15, -0.1) is 0 Å². The molecule has 0 bridgehead atoms. The van der Waals surface area contributed by atoms with Crippen molar-refractivity contribution in [2.45, 2.75) is 33.7 Å². The maximum atomic E-state index is 9.88. The maximum absolute atomic E-state index is 9.88. The lowest BCUT2D eigenvalue weighted by Crippen LogP contribution is -2.18. The molecule has 0 saturated carbocycles. The fourth-order valence-corrected chi connectivity index (χ4v) is 1.86. The largest absolute Gasteiger partial charge is 0.508 e. The summed E-state index contributed by atoms with van der Waals surface area (Å²) < 4.78 is 0. The smallest absolute Gasteiger partial charge is 0.120 e. The Labute approximate surface area is 96.1 Å². The minimum absolute atomic E-state index is 0.178. The third-order valence-corrected chi connectivity index (χ3v) is 3.34. The number of hydrogen-bond donors (Lipinski definition) is 2. The summed E-state index contributed by atoms with van der Waals surface area (Å²) in [6.07, 6.45) is 0. The number of halogens is 1. The molecule has 0 aromatic heterocycles. The summed E-state index contributed by atoms with van der Waals surface area (Å²) >= 11 is 6.14. The van der Waals surface area contributed by atoms with E-state index < -0.39 is 0 Å². The molecule has 0 amide bonds. The zero-order valence-electron chi connectivity index (χ0n) is 9.63. The van der Waals surface area contributed by atoms with E-state index in [1.807, 2.05) is 27.7 Å². The highest BCUT2D eigenvalue weighted by atomic mass is 35.5. The molecule has 0 spiro atoms. The van der Waals surface area contributed by atoms with Crippen LogP contribution in [-0.2, 0) is 0 Å². The van der Waals surface area contributed by atoms with Gasteiger partial charge < -0.3 is 10.8 Å². The first-order valence-electron chi connectivity index (χ1n) is 5.10. The van der Waals surface area contributed by atoms with Crippen molar-refractivity contribution in [2.24, 2.45) is 11.7 Å². The van der Waals surface area contributed by atoms with E-state index in [-0.39, 0.29) is 17.7 Å². The van der Waals surface area contributed by atoms with Crippen LogP contribution in [0.1, 0.15) is 36.6 Å². The topological polar surface area (TPSA) is 46.2 Å². The second-order valence-corrected chi connectivity index (χ2v) is 4.71. The standard InChI is InChI=1S/C12H18ClNO/c1-6(2)12(14)10-8(4)11(13)7(3)5-9(10)15/h5-6,12,15H,14H2,1-4H3. The third kappa shape index (κ3) is 2.27. The predicted octanol–water partition coefficient (Wildman–Crippen LogP) is 3.32. The van der Waals surface area contributed by atoms with Gasteiger partial charge in [-0.05, 0) is 37.0 Å². The van der Waals surface area contributed by atoms with Crippen LogP contribution in [0.2, 0.25) is 5.02 Å². The minimum atomic E-state index is -0.178. The summed E-state index contributed by atoms with van der Waals surface area (Å²) in [6, 6.07) is 1.50. The number of phenols is 1. The molecule has 0 aliphatic carbocycles. The zero-order valence-corrected chi connectivity index (χ0v) is 10.4. The number of benzene rings is 1. The molecule has 1 atom stereocenters. The van der Waals surface area contributed by atoms with Gasteiger partial charge >= 0.3 is 0 Å². The Bertz CT molecular complexity index is 374. The molecular formula is C12H18ClNO. The molecule has 1 aromatic carbocycles. The fraction of sp³-hybridized carbons (Fsp3) is 0.500. The molecule has 0 aliphatic heterocycles. The quantitative estimate of drug-likeness (QED) is 0.814. The zero-order chi connectivity index (χ0) is 11.7. The summed E-state index contributed by atoms with van der Waals surface area (Å²) in [7, 11) is 0. The van der Waals surface area contributed by atoms with Crippen molar-refractivity contribution in [3.05, 3.63) is 27.8 Å². The molecule has 1 rings (SSSR count). The Balaban J connectivity index is 3.36. The maximum Gasteiger partial charge on any atom is 0.120 e. The molecule has 1 unspecified atom stereocenters. The van der Waals surface area contributed by atoms with Crippen LogP contribution >= 0.6 is 11.6 Å². The molecule has 15 heavy (non-hydrogen) atoms. The Hall–Kier alpha value is -0.730. The van der Waals surface area contributed by atoms with E-state index in [4.69, 9.17) is 17.3 Å². The van der Waals surface area contributed by atoms with E-state index in [0.717, 1.165) is 16.7 Å². The van der Waals surface area contributed by atoms with Crippen LogP contribution in [0.3, 0.4) is 0 Å². The van der Waals surface area contributed by atoms with Gasteiger partial charge in [-0.3, -0.25) is 0 Å².